The van der Waals surface area contributed by atoms with Crippen LogP contribution in [0.3, 0.4) is 0 Å². The smallest absolute Gasteiger partial charge is 0.274 e. The molecular weight excluding hydrogens is 324 g/mol. The lowest BCUT2D eigenvalue weighted by Crippen LogP contribution is -2.17. The summed E-state index contributed by atoms with van der Waals surface area (Å²) in [6, 6.07) is 11.7. The Morgan fingerprint density at radius 2 is 1.77 bits per heavy atom. The minimum absolute atomic E-state index is 0.184. The second-order valence-electron chi connectivity index (χ2n) is 6.76. The predicted octanol–water partition coefficient (Wildman–Crippen LogP) is 4.54. The van der Waals surface area contributed by atoms with Crippen LogP contribution in [0.2, 0.25) is 0 Å². The highest BCUT2D eigenvalue weighted by Crippen LogP contribution is 2.22. The number of carbonyl (C=O) groups excluding carboxylic acids is 1. The van der Waals surface area contributed by atoms with Crippen LogP contribution in [0.5, 0.6) is 0 Å². The zero-order valence-electron chi connectivity index (χ0n) is 15.5. The van der Waals surface area contributed by atoms with Crippen LogP contribution in [0.4, 0.5) is 17.1 Å². The van der Waals surface area contributed by atoms with Crippen LogP contribution < -0.4 is 15.5 Å². The Hall–Kier alpha value is -2.56. The molecule has 5 nitrogen and oxygen atoms in total. The molecule has 1 aromatic heterocycles. The van der Waals surface area contributed by atoms with Crippen molar-refractivity contribution in [2.24, 2.45) is 0 Å². The van der Waals surface area contributed by atoms with E-state index < -0.39 is 0 Å². The molecule has 1 aromatic carbocycles. The number of carbonyl (C=O) groups is 1. The third-order valence-electron chi connectivity index (χ3n) is 4.70. The number of aromatic nitrogens is 1. The lowest BCUT2D eigenvalue weighted by molar-refractivity contribution is 0.102. The molecular formula is C21H28N4O. The fourth-order valence-electron chi connectivity index (χ4n) is 3.17. The van der Waals surface area contributed by atoms with Crippen molar-refractivity contribution in [1.82, 2.24) is 4.98 Å². The molecule has 0 aliphatic carbocycles. The molecule has 3 rings (SSSR count). The molecule has 1 aliphatic rings. The molecule has 2 heterocycles. The van der Waals surface area contributed by atoms with Gasteiger partial charge in [0, 0.05) is 31.0 Å². The minimum atomic E-state index is -0.184. The molecule has 26 heavy (non-hydrogen) atoms. The van der Waals surface area contributed by atoms with Gasteiger partial charge < -0.3 is 15.5 Å². The second-order valence-corrected chi connectivity index (χ2v) is 6.76. The van der Waals surface area contributed by atoms with Gasteiger partial charge in [-0.3, -0.25) is 4.79 Å². The molecule has 1 saturated heterocycles. The molecule has 2 N–H and O–H groups in total. The Morgan fingerprint density at radius 1 is 1.04 bits per heavy atom. The topological polar surface area (TPSA) is 57.3 Å². The number of pyridine rings is 1. The van der Waals surface area contributed by atoms with Crippen molar-refractivity contribution in [3.8, 4) is 0 Å². The molecule has 2 aromatic rings. The van der Waals surface area contributed by atoms with E-state index in [0.717, 1.165) is 37.4 Å². The van der Waals surface area contributed by atoms with Crippen LogP contribution in [-0.2, 0) is 0 Å². The Morgan fingerprint density at radius 3 is 2.42 bits per heavy atom. The first-order valence-corrected chi connectivity index (χ1v) is 9.62. The highest BCUT2D eigenvalue weighted by molar-refractivity contribution is 6.03. The standard InChI is InChI=1S/C21H28N4O/c1-2-3-4-13-22-18-9-12-20(23-16-18)21(26)24-17-7-10-19(11-8-17)25-14-5-6-15-25/h7-12,16,22H,2-6,13-15H2,1H3,(H,24,26). The largest absolute Gasteiger partial charge is 0.384 e. The van der Waals surface area contributed by atoms with Crippen LogP contribution in [0.25, 0.3) is 0 Å². The average Bonchev–Trinajstić information content (AvgIpc) is 3.21. The maximum Gasteiger partial charge on any atom is 0.274 e. The van der Waals surface area contributed by atoms with E-state index in [1.54, 1.807) is 12.3 Å². The van der Waals surface area contributed by atoms with Crippen molar-refractivity contribution >= 4 is 23.0 Å². The lowest BCUT2D eigenvalue weighted by atomic mass is 10.2. The number of benzene rings is 1. The minimum Gasteiger partial charge on any atom is -0.384 e. The Balaban J connectivity index is 1.52. The van der Waals surface area contributed by atoms with E-state index in [1.165, 1.54) is 31.4 Å². The molecule has 0 spiro atoms. The molecule has 5 heteroatoms. The van der Waals surface area contributed by atoms with Gasteiger partial charge in [0.1, 0.15) is 5.69 Å². The zero-order valence-corrected chi connectivity index (χ0v) is 15.5. The van der Waals surface area contributed by atoms with Crippen molar-refractivity contribution in [2.45, 2.75) is 39.0 Å². The van der Waals surface area contributed by atoms with E-state index in [9.17, 15) is 4.79 Å². The molecule has 1 amide bonds. The fourth-order valence-corrected chi connectivity index (χ4v) is 3.17. The zero-order chi connectivity index (χ0) is 18.2. The summed E-state index contributed by atoms with van der Waals surface area (Å²) in [5, 5.41) is 6.24. The van der Waals surface area contributed by atoms with E-state index in [2.05, 4.69) is 39.6 Å². The van der Waals surface area contributed by atoms with Crippen molar-refractivity contribution in [3.05, 3.63) is 48.3 Å². The van der Waals surface area contributed by atoms with Gasteiger partial charge in [-0.05, 0) is 55.7 Å². The maximum atomic E-state index is 12.4. The van der Waals surface area contributed by atoms with Crippen LogP contribution in [0, 0.1) is 0 Å². The molecule has 0 unspecified atom stereocenters. The number of anilines is 3. The molecule has 0 radical (unpaired) electrons. The van der Waals surface area contributed by atoms with Gasteiger partial charge in [-0.15, -0.1) is 0 Å². The van der Waals surface area contributed by atoms with Crippen LogP contribution in [0.1, 0.15) is 49.5 Å². The molecule has 1 aliphatic heterocycles. The number of unbranched alkanes of at least 4 members (excludes halogenated alkanes) is 2. The maximum absolute atomic E-state index is 12.4. The molecule has 0 bridgehead atoms. The molecule has 0 atom stereocenters. The van der Waals surface area contributed by atoms with Crippen molar-refractivity contribution in [3.63, 3.8) is 0 Å². The number of hydrogen-bond acceptors (Lipinski definition) is 4. The van der Waals surface area contributed by atoms with Crippen LogP contribution >= 0.6 is 0 Å². The Labute approximate surface area is 155 Å². The lowest BCUT2D eigenvalue weighted by Gasteiger charge is -2.17. The van der Waals surface area contributed by atoms with Crippen molar-refractivity contribution in [2.75, 3.05) is 35.2 Å². The summed E-state index contributed by atoms with van der Waals surface area (Å²) < 4.78 is 0. The summed E-state index contributed by atoms with van der Waals surface area (Å²) >= 11 is 0. The predicted molar refractivity (Wildman–Crippen MR) is 108 cm³/mol. The number of nitrogens with one attached hydrogen (secondary N) is 2. The summed E-state index contributed by atoms with van der Waals surface area (Å²) in [4.78, 5) is 19.0. The van der Waals surface area contributed by atoms with E-state index in [4.69, 9.17) is 0 Å². The molecule has 1 fully saturated rings. The van der Waals surface area contributed by atoms with Gasteiger partial charge in [0.05, 0.1) is 11.9 Å². The highest BCUT2D eigenvalue weighted by atomic mass is 16.1. The third-order valence-corrected chi connectivity index (χ3v) is 4.70. The fraction of sp³-hybridized carbons (Fsp3) is 0.429. The van der Waals surface area contributed by atoms with Crippen LogP contribution in [0.15, 0.2) is 42.6 Å². The Kier molecular flexibility index (Phi) is 6.47. The number of hydrogen-bond donors (Lipinski definition) is 2. The van der Waals surface area contributed by atoms with E-state index in [0.29, 0.717) is 5.69 Å². The quantitative estimate of drug-likeness (QED) is 0.685. The SMILES string of the molecule is CCCCCNc1ccc(C(=O)Nc2ccc(N3CCCC3)cc2)nc1. The van der Waals surface area contributed by atoms with Gasteiger partial charge in [0.15, 0.2) is 0 Å². The van der Waals surface area contributed by atoms with Crippen LogP contribution in [-0.4, -0.2) is 30.5 Å². The number of nitrogens with zero attached hydrogens (tertiary/aromatic N) is 2. The van der Waals surface area contributed by atoms with E-state index in [1.807, 2.05) is 18.2 Å². The monoisotopic (exact) mass is 352 g/mol. The third kappa shape index (κ3) is 4.97. The van der Waals surface area contributed by atoms with E-state index >= 15 is 0 Å². The number of rotatable bonds is 8. The highest BCUT2D eigenvalue weighted by Gasteiger charge is 2.12. The van der Waals surface area contributed by atoms with Gasteiger partial charge in [0.2, 0.25) is 0 Å². The summed E-state index contributed by atoms with van der Waals surface area (Å²) in [6.45, 7) is 5.36. The van der Waals surface area contributed by atoms with Crippen molar-refractivity contribution < 1.29 is 4.79 Å². The summed E-state index contributed by atoms with van der Waals surface area (Å²) in [6.07, 6.45) is 7.81. The summed E-state index contributed by atoms with van der Waals surface area (Å²) in [5.41, 5.74) is 3.39. The summed E-state index contributed by atoms with van der Waals surface area (Å²) in [7, 11) is 0. The first-order chi connectivity index (χ1) is 12.8. The van der Waals surface area contributed by atoms with Gasteiger partial charge in [-0.1, -0.05) is 19.8 Å². The second kappa shape index (κ2) is 9.22. The van der Waals surface area contributed by atoms with Gasteiger partial charge in [-0.2, -0.15) is 0 Å². The molecule has 138 valence electrons. The number of amides is 1. The average molecular weight is 352 g/mol. The first-order valence-electron chi connectivity index (χ1n) is 9.62. The Bertz CT molecular complexity index is 691. The normalized spacial score (nSPS) is 13.7. The van der Waals surface area contributed by atoms with Gasteiger partial charge >= 0.3 is 0 Å². The summed E-state index contributed by atoms with van der Waals surface area (Å²) in [5.74, 6) is -0.184. The van der Waals surface area contributed by atoms with Gasteiger partial charge in [-0.25, -0.2) is 4.98 Å². The van der Waals surface area contributed by atoms with Gasteiger partial charge in [0.25, 0.3) is 5.91 Å². The van der Waals surface area contributed by atoms with E-state index in [-0.39, 0.29) is 5.91 Å². The first kappa shape index (κ1) is 18.2. The van der Waals surface area contributed by atoms with Crippen molar-refractivity contribution in [1.29, 1.82) is 0 Å². The molecule has 0 saturated carbocycles.